The molecule has 0 saturated carbocycles. The summed E-state index contributed by atoms with van der Waals surface area (Å²) in [6.45, 7) is 0.185. The van der Waals surface area contributed by atoms with Gasteiger partial charge in [-0.15, -0.1) is 23.1 Å². The quantitative estimate of drug-likeness (QED) is 0.0961. The molecule has 0 spiro atoms. The van der Waals surface area contributed by atoms with Crippen LogP contribution in [-0.4, -0.2) is 78.6 Å². The summed E-state index contributed by atoms with van der Waals surface area (Å²) in [4.78, 5) is 48.3. The molecule has 196 valence electrons. The number of nitrogens with zero attached hydrogens (tertiary/aromatic N) is 6. The van der Waals surface area contributed by atoms with Crippen LogP contribution in [-0.2, 0) is 25.8 Å². The Balaban J connectivity index is 1.40. The first-order chi connectivity index (χ1) is 18.3. The number of imidazole rings is 1. The molecule has 0 radical (unpaired) electrons. The van der Waals surface area contributed by atoms with Crippen LogP contribution < -0.4 is 15.6 Å². The van der Waals surface area contributed by atoms with E-state index >= 15 is 0 Å². The Bertz CT molecular complexity index is 1540. The highest BCUT2D eigenvalue weighted by atomic mass is 32.2. The van der Waals surface area contributed by atoms with Gasteiger partial charge in [-0.05, 0) is 6.07 Å². The summed E-state index contributed by atoms with van der Waals surface area (Å²) in [7, 11) is 1.27. The molecule has 3 aromatic rings. The molecule has 0 bridgehead atoms. The van der Waals surface area contributed by atoms with Gasteiger partial charge in [0.15, 0.2) is 16.5 Å². The van der Waals surface area contributed by atoms with Gasteiger partial charge < -0.3 is 26.2 Å². The highest BCUT2D eigenvalue weighted by Gasteiger charge is 2.54. The van der Waals surface area contributed by atoms with Gasteiger partial charge in [-0.2, -0.15) is 4.40 Å². The number of nitrogen functional groups attached to an aromatic ring is 1. The molecule has 0 aromatic carbocycles. The molecule has 2 amide bonds. The number of fused-ring (bicyclic) bond motifs is 2. The Morgan fingerprint density at radius 1 is 1.42 bits per heavy atom. The fourth-order valence-corrected chi connectivity index (χ4v) is 6.25. The molecule has 1 fully saturated rings. The zero-order valence-electron chi connectivity index (χ0n) is 19.7. The van der Waals surface area contributed by atoms with Crippen molar-refractivity contribution in [3.8, 4) is 0 Å². The molecule has 38 heavy (non-hydrogen) atoms. The lowest BCUT2D eigenvalue weighted by atomic mass is 10.0. The number of carboxylic acid groups (broad SMARTS) is 1. The van der Waals surface area contributed by atoms with E-state index < -0.39 is 29.2 Å². The number of aromatic nitrogens is 3. The zero-order valence-corrected chi connectivity index (χ0v) is 21.3. The van der Waals surface area contributed by atoms with E-state index in [1.165, 1.54) is 35.4 Å². The number of carboxylic acids is 1. The summed E-state index contributed by atoms with van der Waals surface area (Å²) in [5.74, 6) is -2.19. The molecule has 0 aliphatic carbocycles. The topological polar surface area (TPSA) is 188 Å². The second-order valence-electron chi connectivity index (χ2n) is 8.17. The number of nitrogens with one attached hydrogen (secondary N) is 1. The minimum Gasteiger partial charge on any atom is -0.477 e. The van der Waals surface area contributed by atoms with Crippen LogP contribution >= 0.6 is 23.1 Å². The first kappa shape index (κ1) is 25.2. The van der Waals surface area contributed by atoms with Crippen molar-refractivity contribution < 1.29 is 34.1 Å². The van der Waals surface area contributed by atoms with Gasteiger partial charge in [0, 0.05) is 22.8 Å². The lowest BCUT2D eigenvalue weighted by Gasteiger charge is -2.49. The summed E-state index contributed by atoms with van der Waals surface area (Å²) < 4.78 is 3.60. The Kier molecular flexibility index (Phi) is 6.73. The molecule has 2 aliphatic heterocycles. The number of carbonyl (C=O) groups excluding carboxylic acids is 2. The third-order valence-corrected chi connectivity index (χ3v) is 7.96. The molecule has 16 heteroatoms. The number of anilines is 1. The molecular weight excluding hydrogens is 536 g/mol. The van der Waals surface area contributed by atoms with Gasteiger partial charge >= 0.3 is 5.97 Å². The Labute approximate surface area is 222 Å². The van der Waals surface area contributed by atoms with E-state index in [-0.39, 0.29) is 28.8 Å². The monoisotopic (exact) mass is 557 g/mol. The van der Waals surface area contributed by atoms with Gasteiger partial charge in [0.25, 0.3) is 17.5 Å². The lowest BCUT2D eigenvalue weighted by molar-refractivity contribution is -0.662. The maximum Gasteiger partial charge on any atom is 0.352 e. The van der Waals surface area contributed by atoms with Gasteiger partial charge in [0.05, 0.1) is 6.20 Å². The van der Waals surface area contributed by atoms with Crippen LogP contribution in [0.5, 0.6) is 0 Å². The van der Waals surface area contributed by atoms with Crippen molar-refractivity contribution in [2.24, 2.45) is 10.3 Å². The number of β-lactam (4-membered cyclic amide) rings is 1. The Morgan fingerprint density at radius 3 is 2.92 bits per heavy atom. The third-order valence-electron chi connectivity index (χ3n) is 5.95. The van der Waals surface area contributed by atoms with Crippen molar-refractivity contribution in [3.05, 3.63) is 58.6 Å². The van der Waals surface area contributed by atoms with Crippen molar-refractivity contribution >= 4 is 63.6 Å². The third kappa shape index (κ3) is 4.32. The Hall–Kier alpha value is -4.44. The van der Waals surface area contributed by atoms with Crippen LogP contribution in [0.25, 0.3) is 5.65 Å². The maximum absolute atomic E-state index is 13.1. The van der Waals surface area contributed by atoms with E-state index in [0.29, 0.717) is 17.0 Å². The molecule has 2 atom stereocenters. The second-order valence-corrected chi connectivity index (χ2v) is 10.2. The highest BCUT2D eigenvalue weighted by molar-refractivity contribution is 8.00. The predicted octanol–water partition coefficient (Wildman–Crippen LogP) is -0.137. The van der Waals surface area contributed by atoms with Crippen molar-refractivity contribution in [1.29, 1.82) is 0 Å². The molecule has 5 rings (SSSR count). The molecular formula is C22H21N8O6S2+. The molecule has 3 aromatic heterocycles. The van der Waals surface area contributed by atoms with Gasteiger partial charge in [0.2, 0.25) is 0 Å². The summed E-state index contributed by atoms with van der Waals surface area (Å²) in [5.41, 5.74) is 7.41. The van der Waals surface area contributed by atoms with Gasteiger partial charge in [-0.3, -0.25) is 14.5 Å². The number of rotatable bonds is 8. The summed E-state index contributed by atoms with van der Waals surface area (Å²) in [5, 5.41) is 29.6. The van der Waals surface area contributed by atoms with E-state index in [9.17, 15) is 19.5 Å². The summed E-state index contributed by atoms with van der Waals surface area (Å²) >= 11 is 2.46. The van der Waals surface area contributed by atoms with E-state index in [1.807, 2.05) is 22.8 Å². The summed E-state index contributed by atoms with van der Waals surface area (Å²) in [6.07, 6.45) is 4.78. The molecule has 0 unspecified atom stereocenters. The fourth-order valence-electron chi connectivity index (χ4n) is 4.37. The normalized spacial score (nSPS) is 19.6. The smallest absolute Gasteiger partial charge is 0.352 e. The van der Waals surface area contributed by atoms with Gasteiger partial charge in [0.1, 0.15) is 48.9 Å². The number of oxime groups is 2. The number of nitrogens with two attached hydrogens (primary N) is 1. The number of thiazole rings is 1. The number of amides is 2. The van der Waals surface area contributed by atoms with Crippen LogP contribution in [0.1, 0.15) is 11.4 Å². The van der Waals surface area contributed by atoms with Crippen molar-refractivity contribution in [2.45, 2.75) is 18.0 Å². The van der Waals surface area contributed by atoms with Crippen LogP contribution in [0.4, 0.5) is 5.13 Å². The molecule has 14 nitrogen and oxygen atoms in total. The molecule has 1 saturated heterocycles. The second kappa shape index (κ2) is 10.1. The number of thioether (sulfide) groups is 1. The van der Waals surface area contributed by atoms with Crippen molar-refractivity contribution in [3.63, 3.8) is 0 Å². The number of pyridine rings is 1. The number of carbonyl (C=O) groups is 3. The lowest BCUT2D eigenvalue weighted by Crippen LogP contribution is -2.71. The number of aliphatic carboxylic acids is 1. The largest absolute Gasteiger partial charge is 0.477 e. The number of hydrogen-bond donors (Lipinski definition) is 4. The zero-order chi connectivity index (χ0) is 27.0. The van der Waals surface area contributed by atoms with Crippen molar-refractivity contribution in [2.75, 3.05) is 18.6 Å². The molecule has 5 heterocycles. The van der Waals surface area contributed by atoms with E-state index in [0.717, 1.165) is 17.0 Å². The van der Waals surface area contributed by atoms with Gasteiger partial charge in [-0.25, -0.2) is 14.3 Å². The minimum atomic E-state index is -1.25. The SMILES string of the molecule is CO/N=C(\C(=O)N[C@@H]1C(=O)N2C(C(=O)O)=C(C[n+]3cc(C=NO)n4ccccc43)CS[C@@H]12)c1csc(N)n1. The van der Waals surface area contributed by atoms with Crippen LogP contribution in [0.15, 0.2) is 57.6 Å². The average molecular weight is 558 g/mol. The molecule has 5 N–H and O–H groups in total. The van der Waals surface area contributed by atoms with Crippen LogP contribution in [0.2, 0.25) is 0 Å². The van der Waals surface area contributed by atoms with Crippen LogP contribution in [0, 0.1) is 0 Å². The standard InChI is InChI=1S/C22H20N8O6S2/c1-36-27-15(13-10-38-22(23)25-13)18(31)26-16-19(32)30-17(21(33)34)11(9-37-20(16)30)7-28-8-12(6-24-35)29-5-3-2-4-14(28)29/h2-6,8,10,16,20H,7,9H2,1H3,(H4-,23,25,26,31,33,34,35)/p+1/b24-6?,27-15-/t16-,20+/m1/s1. The van der Waals surface area contributed by atoms with E-state index in [2.05, 4.69) is 20.6 Å². The van der Waals surface area contributed by atoms with E-state index in [1.54, 1.807) is 16.8 Å². The van der Waals surface area contributed by atoms with Crippen molar-refractivity contribution in [1.82, 2.24) is 19.6 Å². The predicted molar refractivity (Wildman–Crippen MR) is 137 cm³/mol. The van der Waals surface area contributed by atoms with Gasteiger partial charge in [-0.1, -0.05) is 16.4 Å². The first-order valence-electron chi connectivity index (χ1n) is 11.0. The first-order valence-corrected chi connectivity index (χ1v) is 13.0. The van der Waals surface area contributed by atoms with Crippen LogP contribution in [0.3, 0.4) is 0 Å². The fraction of sp³-hybridized carbons (Fsp3) is 0.227. The highest BCUT2D eigenvalue weighted by Crippen LogP contribution is 2.40. The Morgan fingerprint density at radius 2 is 2.24 bits per heavy atom. The number of hydrogen-bond acceptors (Lipinski definition) is 11. The summed E-state index contributed by atoms with van der Waals surface area (Å²) in [6, 6.07) is 4.52. The average Bonchev–Trinajstić information content (AvgIpc) is 3.49. The minimum absolute atomic E-state index is 0.123. The van der Waals surface area contributed by atoms with E-state index in [4.69, 9.17) is 15.8 Å². The maximum atomic E-state index is 13.1. The molecule has 2 aliphatic rings.